The molecule has 0 saturated carbocycles. The Morgan fingerprint density at radius 1 is 1.11 bits per heavy atom. The zero-order valence-electron chi connectivity index (χ0n) is 10.5. The van der Waals surface area contributed by atoms with Gasteiger partial charge in [0.1, 0.15) is 11.5 Å². The molecular weight excluding hydrogens is 222 g/mol. The van der Waals surface area contributed by atoms with Gasteiger partial charge in [-0.05, 0) is 61.9 Å². The van der Waals surface area contributed by atoms with E-state index in [0.717, 1.165) is 35.5 Å². The highest BCUT2D eigenvalue weighted by molar-refractivity contribution is 5.72. The fourth-order valence-corrected chi connectivity index (χ4v) is 2.77. The van der Waals surface area contributed by atoms with E-state index in [2.05, 4.69) is 12.1 Å². The Morgan fingerprint density at radius 2 is 1.94 bits per heavy atom. The van der Waals surface area contributed by atoms with Crippen molar-refractivity contribution >= 4 is 0 Å². The maximum absolute atomic E-state index is 9.30. The summed E-state index contributed by atoms with van der Waals surface area (Å²) in [5, 5.41) is 9.30. The topological polar surface area (TPSA) is 36.9 Å². The quantitative estimate of drug-likeness (QED) is 0.751. The molecule has 1 aromatic heterocycles. The number of hydrogen-bond acceptors (Lipinski definition) is 2. The highest BCUT2D eigenvalue weighted by atomic mass is 16.3. The standard InChI is InChI=1S/C16H15NO/c1-11-6-9-15(18-11)16-13(10-17)8-7-12-4-2-3-5-14(12)16/h6-9H,2-5H2,1H3. The van der Waals surface area contributed by atoms with Crippen LogP contribution in [0.3, 0.4) is 0 Å². The SMILES string of the molecule is Cc1ccc(-c2c(C#N)ccc3c2CCCC3)o1. The van der Waals surface area contributed by atoms with Gasteiger partial charge in [0.2, 0.25) is 0 Å². The van der Waals surface area contributed by atoms with E-state index >= 15 is 0 Å². The van der Waals surface area contributed by atoms with Crippen molar-refractivity contribution in [2.45, 2.75) is 32.6 Å². The number of furan rings is 1. The maximum atomic E-state index is 9.30. The molecule has 0 fully saturated rings. The van der Waals surface area contributed by atoms with Crippen LogP contribution in [-0.4, -0.2) is 0 Å². The van der Waals surface area contributed by atoms with Gasteiger partial charge in [-0.1, -0.05) is 6.07 Å². The molecule has 0 atom stereocenters. The van der Waals surface area contributed by atoms with E-state index in [-0.39, 0.29) is 0 Å². The molecule has 90 valence electrons. The first-order valence-electron chi connectivity index (χ1n) is 6.41. The molecule has 0 aliphatic heterocycles. The predicted octanol–water partition coefficient (Wildman–Crippen LogP) is 4.01. The molecule has 18 heavy (non-hydrogen) atoms. The Morgan fingerprint density at radius 3 is 2.67 bits per heavy atom. The average molecular weight is 237 g/mol. The van der Waals surface area contributed by atoms with E-state index in [9.17, 15) is 5.26 Å². The molecule has 0 unspecified atom stereocenters. The largest absolute Gasteiger partial charge is 0.461 e. The fraction of sp³-hybridized carbons (Fsp3) is 0.312. The van der Waals surface area contributed by atoms with Gasteiger partial charge in [-0.25, -0.2) is 0 Å². The van der Waals surface area contributed by atoms with E-state index in [1.165, 1.54) is 24.0 Å². The summed E-state index contributed by atoms with van der Waals surface area (Å²) in [5.74, 6) is 1.73. The minimum absolute atomic E-state index is 0.727. The van der Waals surface area contributed by atoms with Crippen LogP contribution in [0, 0.1) is 18.3 Å². The first kappa shape index (κ1) is 11.1. The van der Waals surface area contributed by atoms with E-state index in [4.69, 9.17) is 4.42 Å². The van der Waals surface area contributed by atoms with Crippen molar-refractivity contribution in [3.63, 3.8) is 0 Å². The van der Waals surface area contributed by atoms with Crippen molar-refractivity contribution in [3.05, 3.63) is 46.7 Å². The van der Waals surface area contributed by atoms with Gasteiger partial charge >= 0.3 is 0 Å². The second-order valence-electron chi connectivity index (χ2n) is 4.86. The van der Waals surface area contributed by atoms with Gasteiger partial charge < -0.3 is 4.42 Å². The molecule has 1 aliphatic carbocycles. The monoisotopic (exact) mass is 237 g/mol. The smallest absolute Gasteiger partial charge is 0.135 e. The first-order valence-corrected chi connectivity index (χ1v) is 6.41. The lowest BCUT2D eigenvalue weighted by Gasteiger charge is -2.19. The van der Waals surface area contributed by atoms with Gasteiger partial charge in [0.25, 0.3) is 0 Å². The second-order valence-corrected chi connectivity index (χ2v) is 4.86. The van der Waals surface area contributed by atoms with Gasteiger partial charge in [-0.3, -0.25) is 0 Å². The minimum atomic E-state index is 0.727. The minimum Gasteiger partial charge on any atom is -0.461 e. The molecular formula is C16H15NO. The second kappa shape index (κ2) is 4.34. The molecule has 0 saturated heterocycles. The number of nitrogens with zero attached hydrogens (tertiary/aromatic N) is 1. The molecule has 0 amide bonds. The first-order chi connectivity index (χ1) is 8.79. The molecule has 1 heterocycles. The zero-order valence-corrected chi connectivity index (χ0v) is 10.5. The van der Waals surface area contributed by atoms with Crippen LogP contribution in [0.5, 0.6) is 0 Å². The Labute approximate surface area is 107 Å². The van der Waals surface area contributed by atoms with Crippen molar-refractivity contribution in [1.82, 2.24) is 0 Å². The summed E-state index contributed by atoms with van der Waals surface area (Å²) in [6, 6.07) is 10.3. The third-order valence-electron chi connectivity index (χ3n) is 3.64. The molecule has 0 radical (unpaired) electrons. The molecule has 0 bridgehead atoms. The van der Waals surface area contributed by atoms with Crippen molar-refractivity contribution in [2.24, 2.45) is 0 Å². The van der Waals surface area contributed by atoms with E-state index in [1.54, 1.807) is 0 Å². The lowest BCUT2D eigenvalue weighted by Crippen LogP contribution is -2.05. The Bertz CT molecular complexity index is 631. The predicted molar refractivity (Wildman–Crippen MR) is 70.2 cm³/mol. The zero-order chi connectivity index (χ0) is 12.5. The van der Waals surface area contributed by atoms with Gasteiger partial charge in [0, 0.05) is 5.56 Å². The third kappa shape index (κ3) is 1.73. The van der Waals surface area contributed by atoms with Crippen LogP contribution < -0.4 is 0 Å². The highest BCUT2D eigenvalue weighted by Gasteiger charge is 2.19. The number of nitriles is 1. The average Bonchev–Trinajstić information content (AvgIpc) is 2.83. The molecule has 1 aromatic carbocycles. The lowest BCUT2D eigenvalue weighted by molar-refractivity contribution is 0.546. The van der Waals surface area contributed by atoms with Crippen molar-refractivity contribution in [1.29, 1.82) is 5.26 Å². The molecule has 0 N–H and O–H groups in total. The molecule has 2 heteroatoms. The van der Waals surface area contributed by atoms with Crippen LogP contribution in [0.25, 0.3) is 11.3 Å². The number of rotatable bonds is 1. The number of hydrogen-bond donors (Lipinski definition) is 0. The normalized spacial score (nSPS) is 14.0. The van der Waals surface area contributed by atoms with E-state index in [0.29, 0.717) is 0 Å². The highest BCUT2D eigenvalue weighted by Crippen LogP contribution is 2.35. The van der Waals surface area contributed by atoms with Gasteiger partial charge in [-0.15, -0.1) is 0 Å². The van der Waals surface area contributed by atoms with Crippen LogP contribution in [-0.2, 0) is 12.8 Å². The maximum Gasteiger partial charge on any atom is 0.135 e. The Balaban J connectivity index is 2.25. The molecule has 2 aromatic rings. The van der Waals surface area contributed by atoms with Crippen molar-refractivity contribution in [2.75, 3.05) is 0 Å². The number of aryl methyl sites for hydroxylation is 2. The van der Waals surface area contributed by atoms with Crippen LogP contribution >= 0.6 is 0 Å². The van der Waals surface area contributed by atoms with Crippen LogP contribution in [0.15, 0.2) is 28.7 Å². The van der Waals surface area contributed by atoms with Gasteiger partial charge in [0.05, 0.1) is 11.6 Å². The van der Waals surface area contributed by atoms with E-state index in [1.807, 2.05) is 25.1 Å². The molecule has 3 rings (SSSR count). The summed E-state index contributed by atoms with van der Waals surface area (Å²) in [4.78, 5) is 0. The summed E-state index contributed by atoms with van der Waals surface area (Å²) in [6.07, 6.45) is 4.62. The summed E-state index contributed by atoms with van der Waals surface area (Å²) < 4.78 is 5.73. The summed E-state index contributed by atoms with van der Waals surface area (Å²) in [6.45, 7) is 1.94. The lowest BCUT2D eigenvalue weighted by atomic mass is 9.85. The summed E-state index contributed by atoms with van der Waals surface area (Å²) >= 11 is 0. The molecule has 2 nitrogen and oxygen atoms in total. The summed E-state index contributed by atoms with van der Waals surface area (Å²) in [7, 11) is 0. The van der Waals surface area contributed by atoms with Crippen molar-refractivity contribution < 1.29 is 4.42 Å². The fourth-order valence-electron chi connectivity index (χ4n) is 2.77. The van der Waals surface area contributed by atoms with Gasteiger partial charge in [-0.2, -0.15) is 5.26 Å². The van der Waals surface area contributed by atoms with Crippen LogP contribution in [0.2, 0.25) is 0 Å². The van der Waals surface area contributed by atoms with Crippen LogP contribution in [0.4, 0.5) is 0 Å². The van der Waals surface area contributed by atoms with Crippen molar-refractivity contribution in [3.8, 4) is 17.4 Å². The number of fused-ring (bicyclic) bond motifs is 1. The Hall–Kier alpha value is -2.01. The summed E-state index contributed by atoms with van der Waals surface area (Å²) in [5.41, 5.74) is 4.44. The number of benzene rings is 1. The van der Waals surface area contributed by atoms with Gasteiger partial charge in [0.15, 0.2) is 0 Å². The molecule has 1 aliphatic rings. The molecule has 0 spiro atoms. The Kier molecular flexibility index (Phi) is 2.68. The van der Waals surface area contributed by atoms with Crippen LogP contribution in [0.1, 0.15) is 35.3 Å². The van der Waals surface area contributed by atoms with E-state index < -0.39 is 0 Å². The third-order valence-corrected chi connectivity index (χ3v) is 3.64.